The van der Waals surface area contributed by atoms with E-state index in [0.29, 0.717) is 0 Å². The lowest BCUT2D eigenvalue weighted by atomic mass is 9.93. The molecule has 0 aliphatic rings. The van der Waals surface area contributed by atoms with Crippen LogP contribution in [-0.2, 0) is 0 Å². The summed E-state index contributed by atoms with van der Waals surface area (Å²) in [5.41, 5.74) is 10.4. The number of pyridine rings is 1. The molecule has 0 saturated heterocycles. The van der Waals surface area contributed by atoms with E-state index in [4.69, 9.17) is 9.97 Å². The Bertz CT molecular complexity index is 2840. The first kappa shape index (κ1) is 29.8. The maximum atomic E-state index is 5.43. The van der Waals surface area contributed by atoms with Gasteiger partial charge >= 0.3 is 0 Å². The number of imidazole rings is 1. The molecule has 10 aromatic rings. The van der Waals surface area contributed by atoms with Crippen LogP contribution in [0, 0.1) is 0 Å². The van der Waals surface area contributed by atoms with Crippen LogP contribution in [0.2, 0.25) is 0 Å². The maximum absolute atomic E-state index is 5.43. The second-order valence-electron chi connectivity index (χ2n) is 13.0. The van der Waals surface area contributed by atoms with Gasteiger partial charge in [-0.05, 0) is 71.4 Å². The van der Waals surface area contributed by atoms with Crippen LogP contribution in [0.1, 0.15) is 0 Å². The first-order valence-electron chi connectivity index (χ1n) is 17.6. The molecule has 0 saturated carbocycles. The molecule has 2 heterocycles. The van der Waals surface area contributed by atoms with E-state index in [9.17, 15) is 0 Å². The van der Waals surface area contributed by atoms with Gasteiger partial charge in [0.25, 0.3) is 0 Å². The Morgan fingerprint density at radius 3 is 1.75 bits per heavy atom. The molecule has 10 rings (SSSR count). The van der Waals surface area contributed by atoms with E-state index in [-0.39, 0.29) is 0 Å². The van der Waals surface area contributed by atoms with Gasteiger partial charge in [0.15, 0.2) is 0 Å². The van der Waals surface area contributed by atoms with Gasteiger partial charge in [-0.1, -0.05) is 133 Å². The zero-order valence-electron chi connectivity index (χ0n) is 28.3. The Morgan fingerprint density at radius 1 is 0.404 bits per heavy atom. The Morgan fingerprint density at radius 2 is 1.02 bits per heavy atom. The van der Waals surface area contributed by atoms with Gasteiger partial charge in [-0.15, -0.1) is 0 Å². The summed E-state index contributed by atoms with van der Waals surface area (Å²) in [7, 11) is 0. The lowest BCUT2D eigenvalue weighted by Crippen LogP contribution is -2.09. The largest absolute Gasteiger partial charge is 0.310 e. The van der Waals surface area contributed by atoms with E-state index in [1.54, 1.807) is 0 Å². The minimum Gasteiger partial charge on any atom is -0.310 e. The Hall–Kier alpha value is -7.04. The van der Waals surface area contributed by atoms with Crippen molar-refractivity contribution < 1.29 is 0 Å². The number of hydrogen-bond donors (Lipinski definition) is 0. The molecule has 52 heavy (non-hydrogen) atoms. The standard InChI is InChI=1S/C48H32N4/c1-5-16-33(17-6-1)47-42-31-30-38-39(24-15-25-40(38)48-50-43-26-13-14-27-45(43)52(48)36-22-11-4-12-23-36)46(42)41-29-28-37(32-44(41)49-47)51(34-18-7-2-8-19-34)35-20-9-3-10-21-35/h1-32H. The van der Waals surface area contributed by atoms with E-state index in [2.05, 4.69) is 204 Å². The van der Waals surface area contributed by atoms with Crippen molar-refractivity contribution >= 4 is 60.5 Å². The van der Waals surface area contributed by atoms with E-state index >= 15 is 0 Å². The molecule has 0 N–H and O–H groups in total. The number of fused-ring (bicyclic) bond motifs is 6. The first-order valence-corrected chi connectivity index (χ1v) is 17.6. The van der Waals surface area contributed by atoms with Gasteiger partial charge in [0.05, 0.1) is 22.2 Å². The fourth-order valence-corrected chi connectivity index (χ4v) is 7.65. The summed E-state index contributed by atoms with van der Waals surface area (Å²) in [5.74, 6) is 0.919. The van der Waals surface area contributed by atoms with Crippen molar-refractivity contribution in [2.45, 2.75) is 0 Å². The molecule has 2 aromatic heterocycles. The van der Waals surface area contributed by atoms with Crippen molar-refractivity contribution in [2.24, 2.45) is 0 Å². The van der Waals surface area contributed by atoms with Crippen molar-refractivity contribution in [3.8, 4) is 28.3 Å². The van der Waals surface area contributed by atoms with Gasteiger partial charge in [0, 0.05) is 50.0 Å². The lowest BCUT2D eigenvalue weighted by Gasteiger charge is -2.26. The van der Waals surface area contributed by atoms with Crippen LogP contribution < -0.4 is 4.90 Å². The van der Waals surface area contributed by atoms with Crippen LogP contribution in [0.3, 0.4) is 0 Å². The topological polar surface area (TPSA) is 34.0 Å². The van der Waals surface area contributed by atoms with Crippen molar-refractivity contribution in [3.63, 3.8) is 0 Å². The highest BCUT2D eigenvalue weighted by Gasteiger charge is 2.20. The number of hydrogen-bond acceptors (Lipinski definition) is 3. The molecule has 0 bridgehead atoms. The maximum Gasteiger partial charge on any atom is 0.146 e. The number of aromatic nitrogens is 3. The number of nitrogens with zero attached hydrogens (tertiary/aromatic N) is 4. The summed E-state index contributed by atoms with van der Waals surface area (Å²) in [6, 6.07) is 68.3. The average molecular weight is 665 g/mol. The number of para-hydroxylation sites is 5. The summed E-state index contributed by atoms with van der Waals surface area (Å²) in [4.78, 5) is 13.0. The predicted molar refractivity (Wildman–Crippen MR) is 217 cm³/mol. The Balaban J connectivity index is 1.27. The van der Waals surface area contributed by atoms with Crippen molar-refractivity contribution in [1.82, 2.24) is 14.5 Å². The number of benzene rings is 8. The molecule has 0 amide bonds. The van der Waals surface area contributed by atoms with E-state index < -0.39 is 0 Å². The quantitative estimate of drug-likeness (QED) is 0.166. The summed E-state index contributed by atoms with van der Waals surface area (Å²) < 4.78 is 2.28. The van der Waals surface area contributed by atoms with Gasteiger partial charge in [-0.3, -0.25) is 4.57 Å². The van der Waals surface area contributed by atoms with E-state index in [1.807, 2.05) is 0 Å². The molecule has 0 fully saturated rings. The zero-order chi connectivity index (χ0) is 34.4. The summed E-state index contributed by atoms with van der Waals surface area (Å²) in [6.45, 7) is 0. The van der Waals surface area contributed by atoms with Gasteiger partial charge < -0.3 is 4.90 Å². The summed E-state index contributed by atoms with van der Waals surface area (Å²) >= 11 is 0. The number of anilines is 3. The monoisotopic (exact) mass is 664 g/mol. The van der Waals surface area contributed by atoms with Crippen LogP contribution in [-0.4, -0.2) is 14.5 Å². The van der Waals surface area contributed by atoms with Crippen LogP contribution in [0.15, 0.2) is 194 Å². The van der Waals surface area contributed by atoms with Gasteiger partial charge in [-0.25, -0.2) is 9.97 Å². The molecule has 0 aliphatic carbocycles. The fraction of sp³-hybridized carbons (Fsp3) is 0. The van der Waals surface area contributed by atoms with Gasteiger partial charge in [-0.2, -0.15) is 0 Å². The molecular weight excluding hydrogens is 633 g/mol. The van der Waals surface area contributed by atoms with Crippen LogP contribution in [0.4, 0.5) is 17.1 Å². The second-order valence-corrected chi connectivity index (χ2v) is 13.0. The molecule has 0 unspecified atom stereocenters. The lowest BCUT2D eigenvalue weighted by molar-refractivity contribution is 1.11. The van der Waals surface area contributed by atoms with Crippen molar-refractivity contribution in [2.75, 3.05) is 4.90 Å². The van der Waals surface area contributed by atoms with Crippen molar-refractivity contribution in [1.29, 1.82) is 0 Å². The smallest absolute Gasteiger partial charge is 0.146 e. The highest BCUT2D eigenvalue weighted by molar-refractivity contribution is 6.24. The van der Waals surface area contributed by atoms with E-state index in [1.165, 1.54) is 10.8 Å². The third-order valence-electron chi connectivity index (χ3n) is 9.95. The Labute approximate surface area is 301 Å². The van der Waals surface area contributed by atoms with Crippen molar-refractivity contribution in [3.05, 3.63) is 194 Å². The van der Waals surface area contributed by atoms with Crippen LogP contribution in [0.25, 0.3) is 71.8 Å². The highest BCUT2D eigenvalue weighted by Crippen LogP contribution is 2.43. The van der Waals surface area contributed by atoms with Gasteiger partial charge in [0.1, 0.15) is 5.82 Å². The zero-order valence-corrected chi connectivity index (χ0v) is 28.3. The molecular formula is C48H32N4. The molecule has 8 aromatic carbocycles. The third-order valence-corrected chi connectivity index (χ3v) is 9.95. The normalized spacial score (nSPS) is 11.5. The fourth-order valence-electron chi connectivity index (χ4n) is 7.65. The second kappa shape index (κ2) is 12.4. The molecule has 4 nitrogen and oxygen atoms in total. The minimum atomic E-state index is 0.919. The van der Waals surface area contributed by atoms with E-state index in [0.717, 1.165) is 78.1 Å². The molecule has 244 valence electrons. The molecule has 0 spiro atoms. The molecule has 0 radical (unpaired) electrons. The van der Waals surface area contributed by atoms with Crippen LogP contribution >= 0.6 is 0 Å². The molecule has 0 aliphatic heterocycles. The highest BCUT2D eigenvalue weighted by atomic mass is 15.1. The summed E-state index contributed by atoms with van der Waals surface area (Å²) in [5, 5.41) is 5.73. The average Bonchev–Trinajstić information content (AvgIpc) is 3.61. The number of rotatable bonds is 6. The summed E-state index contributed by atoms with van der Waals surface area (Å²) in [6.07, 6.45) is 0. The third kappa shape index (κ3) is 4.92. The Kier molecular flexibility index (Phi) is 7.10. The van der Waals surface area contributed by atoms with Crippen LogP contribution in [0.5, 0.6) is 0 Å². The predicted octanol–water partition coefficient (Wildman–Crippen LogP) is 12.7. The SMILES string of the molecule is c1ccc(-c2nc3cc(N(c4ccccc4)c4ccccc4)ccc3c3c2ccc2c(-c4nc5ccccc5n4-c4ccccc4)cccc23)cc1. The van der Waals surface area contributed by atoms with Gasteiger partial charge in [0.2, 0.25) is 0 Å². The molecule has 4 heteroatoms. The molecule has 0 atom stereocenters. The first-order chi connectivity index (χ1) is 25.8. The minimum absolute atomic E-state index is 0.919.